The van der Waals surface area contributed by atoms with E-state index in [2.05, 4.69) is 24.3 Å². The lowest BCUT2D eigenvalue weighted by Crippen LogP contribution is -2.54. The van der Waals surface area contributed by atoms with Crippen LogP contribution < -0.4 is 0 Å². The van der Waals surface area contributed by atoms with Gasteiger partial charge in [0, 0.05) is 19.0 Å². The largest absolute Gasteiger partial charge is 0.444 e. The van der Waals surface area contributed by atoms with Gasteiger partial charge in [0.1, 0.15) is 5.60 Å². The highest BCUT2D eigenvalue weighted by Gasteiger charge is 2.40. The smallest absolute Gasteiger partial charge is 0.410 e. The fourth-order valence-electron chi connectivity index (χ4n) is 2.99. The summed E-state index contributed by atoms with van der Waals surface area (Å²) in [6.07, 6.45) is 0.881. The molecule has 0 aromatic heterocycles. The number of ether oxygens (including phenoxy) is 2. The Morgan fingerprint density at radius 2 is 2.00 bits per heavy atom. The van der Waals surface area contributed by atoms with E-state index in [4.69, 9.17) is 9.47 Å². The van der Waals surface area contributed by atoms with E-state index in [1.165, 1.54) is 11.1 Å². The van der Waals surface area contributed by atoms with Crippen LogP contribution in [0.25, 0.3) is 0 Å². The fraction of sp³-hybridized carbons (Fsp3) is 0.588. The van der Waals surface area contributed by atoms with E-state index >= 15 is 0 Å². The van der Waals surface area contributed by atoms with Gasteiger partial charge in [-0.3, -0.25) is 0 Å². The van der Waals surface area contributed by atoms with Gasteiger partial charge in [-0.2, -0.15) is 0 Å². The highest BCUT2D eigenvalue weighted by atomic mass is 16.6. The first-order valence-corrected chi connectivity index (χ1v) is 7.61. The third kappa shape index (κ3) is 3.05. The van der Waals surface area contributed by atoms with Crippen LogP contribution in [0.2, 0.25) is 0 Å². The number of hydrogen-bond donors (Lipinski definition) is 0. The Morgan fingerprint density at radius 3 is 2.71 bits per heavy atom. The van der Waals surface area contributed by atoms with Gasteiger partial charge in [0.25, 0.3) is 0 Å². The van der Waals surface area contributed by atoms with E-state index < -0.39 is 5.60 Å². The zero-order chi connectivity index (χ0) is 15.0. The first-order valence-electron chi connectivity index (χ1n) is 7.61. The van der Waals surface area contributed by atoms with Gasteiger partial charge in [0.2, 0.25) is 0 Å². The minimum Gasteiger partial charge on any atom is -0.444 e. The molecule has 1 fully saturated rings. The van der Waals surface area contributed by atoms with Crippen LogP contribution in [0.4, 0.5) is 4.79 Å². The predicted octanol–water partition coefficient (Wildman–Crippen LogP) is 3.17. The maximum atomic E-state index is 12.0. The van der Waals surface area contributed by atoms with Crippen LogP contribution in [0.1, 0.15) is 38.0 Å². The van der Waals surface area contributed by atoms with E-state index in [9.17, 15) is 4.79 Å². The van der Waals surface area contributed by atoms with Gasteiger partial charge in [-0.25, -0.2) is 4.79 Å². The lowest BCUT2D eigenvalue weighted by molar-refractivity contribution is -0.0641. The summed E-state index contributed by atoms with van der Waals surface area (Å²) >= 11 is 0. The number of amides is 1. The summed E-state index contributed by atoms with van der Waals surface area (Å²) < 4.78 is 11.4. The predicted molar refractivity (Wildman–Crippen MR) is 80.1 cm³/mol. The summed E-state index contributed by atoms with van der Waals surface area (Å²) in [6, 6.07) is 8.46. The van der Waals surface area contributed by atoms with Crippen molar-refractivity contribution in [2.75, 3.05) is 19.7 Å². The van der Waals surface area contributed by atoms with Crippen molar-refractivity contribution in [1.29, 1.82) is 0 Å². The van der Waals surface area contributed by atoms with Crippen LogP contribution >= 0.6 is 0 Å². The summed E-state index contributed by atoms with van der Waals surface area (Å²) in [7, 11) is 0. The summed E-state index contributed by atoms with van der Waals surface area (Å²) in [5.74, 6) is 0.374. The van der Waals surface area contributed by atoms with Gasteiger partial charge in [-0.1, -0.05) is 24.3 Å². The first-order chi connectivity index (χ1) is 9.94. The van der Waals surface area contributed by atoms with Gasteiger partial charge in [-0.05, 0) is 38.3 Å². The van der Waals surface area contributed by atoms with Crippen LogP contribution in [-0.2, 0) is 15.9 Å². The Labute approximate surface area is 126 Å². The standard InChI is InChI=1S/C17H23NO3/c1-17(2,3)21-16(19)18-10-13(11-18)15-14-7-5-4-6-12(14)8-9-20-15/h4-7,13,15H,8-11H2,1-3H3. The van der Waals surface area contributed by atoms with Crippen molar-refractivity contribution in [2.45, 2.75) is 38.9 Å². The van der Waals surface area contributed by atoms with Gasteiger partial charge in [-0.15, -0.1) is 0 Å². The normalized spacial score (nSPS) is 22.4. The SMILES string of the molecule is CC(C)(C)OC(=O)N1CC(C2OCCc3ccccc32)C1. The molecule has 0 radical (unpaired) electrons. The van der Waals surface area contributed by atoms with Crippen LogP contribution in [0, 0.1) is 5.92 Å². The molecule has 1 saturated heterocycles. The molecule has 4 heteroatoms. The third-order valence-electron chi connectivity index (χ3n) is 4.02. The van der Waals surface area contributed by atoms with E-state index in [0.29, 0.717) is 19.0 Å². The molecule has 0 spiro atoms. The summed E-state index contributed by atoms with van der Waals surface area (Å²) in [5, 5.41) is 0. The van der Waals surface area contributed by atoms with Gasteiger partial charge >= 0.3 is 6.09 Å². The Hall–Kier alpha value is -1.55. The molecule has 1 atom stereocenters. The topological polar surface area (TPSA) is 38.8 Å². The third-order valence-corrected chi connectivity index (χ3v) is 4.02. The maximum absolute atomic E-state index is 12.0. The quantitative estimate of drug-likeness (QED) is 0.797. The van der Waals surface area contributed by atoms with Crippen molar-refractivity contribution < 1.29 is 14.3 Å². The van der Waals surface area contributed by atoms with E-state index in [0.717, 1.165) is 13.0 Å². The molecule has 2 heterocycles. The van der Waals surface area contributed by atoms with Gasteiger partial charge < -0.3 is 14.4 Å². The lowest BCUT2D eigenvalue weighted by Gasteiger charge is -2.44. The molecule has 2 aliphatic rings. The lowest BCUT2D eigenvalue weighted by atomic mass is 9.85. The minimum absolute atomic E-state index is 0.119. The van der Waals surface area contributed by atoms with Crippen LogP contribution in [-0.4, -0.2) is 36.3 Å². The number of fused-ring (bicyclic) bond motifs is 1. The average molecular weight is 289 g/mol. The van der Waals surface area contributed by atoms with Crippen molar-refractivity contribution in [3.8, 4) is 0 Å². The Balaban J connectivity index is 1.61. The second kappa shape index (κ2) is 5.34. The molecule has 1 amide bonds. The van der Waals surface area contributed by atoms with Gasteiger partial charge in [0.15, 0.2) is 0 Å². The summed E-state index contributed by atoms with van der Waals surface area (Å²) in [4.78, 5) is 13.7. The number of likely N-dealkylation sites (tertiary alicyclic amines) is 1. The molecule has 2 aliphatic heterocycles. The Bertz CT molecular complexity index is 529. The molecular formula is C17H23NO3. The average Bonchev–Trinajstić information content (AvgIpc) is 2.35. The number of benzene rings is 1. The van der Waals surface area contributed by atoms with Crippen LogP contribution in [0.3, 0.4) is 0 Å². The Kier molecular flexibility index (Phi) is 3.66. The second-order valence-corrected chi connectivity index (χ2v) is 6.89. The monoisotopic (exact) mass is 289 g/mol. The molecular weight excluding hydrogens is 266 g/mol. The summed E-state index contributed by atoms with van der Waals surface area (Å²) in [5.41, 5.74) is 2.23. The van der Waals surface area contributed by atoms with Gasteiger partial charge in [0.05, 0.1) is 12.7 Å². The van der Waals surface area contributed by atoms with E-state index in [-0.39, 0.29) is 12.2 Å². The molecule has 21 heavy (non-hydrogen) atoms. The zero-order valence-corrected chi connectivity index (χ0v) is 13.0. The number of carbonyl (C=O) groups is 1. The molecule has 4 nitrogen and oxygen atoms in total. The van der Waals surface area contributed by atoms with E-state index in [1.807, 2.05) is 20.8 Å². The molecule has 0 aliphatic carbocycles. The molecule has 3 rings (SSSR count). The molecule has 0 N–H and O–H groups in total. The molecule has 0 saturated carbocycles. The highest BCUT2D eigenvalue weighted by molar-refractivity contribution is 5.69. The molecule has 1 aromatic rings. The molecule has 114 valence electrons. The second-order valence-electron chi connectivity index (χ2n) is 6.89. The summed E-state index contributed by atoms with van der Waals surface area (Å²) in [6.45, 7) is 7.88. The van der Waals surface area contributed by atoms with Crippen LogP contribution in [0.15, 0.2) is 24.3 Å². The molecule has 1 unspecified atom stereocenters. The van der Waals surface area contributed by atoms with Crippen molar-refractivity contribution in [3.63, 3.8) is 0 Å². The minimum atomic E-state index is -0.434. The Morgan fingerprint density at radius 1 is 1.29 bits per heavy atom. The number of hydrogen-bond acceptors (Lipinski definition) is 3. The van der Waals surface area contributed by atoms with Crippen molar-refractivity contribution >= 4 is 6.09 Å². The molecule has 1 aromatic carbocycles. The van der Waals surface area contributed by atoms with Crippen molar-refractivity contribution in [2.24, 2.45) is 5.92 Å². The van der Waals surface area contributed by atoms with Crippen molar-refractivity contribution in [3.05, 3.63) is 35.4 Å². The van der Waals surface area contributed by atoms with Crippen LogP contribution in [0.5, 0.6) is 0 Å². The van der Waals surface area contributed by atoms with Crippen molar-refractivity contribution in [1.82, 2.24) is 4.90 Å². The number of carbonyl (C=O) groups excluding carboxylic acids is 1. The zero-order valence-electron chi connectivity index (χ0n) is 13.0. The van der Waals surface area contributed by atoms with E-state index in [1.54, 1.807) is 4.90 Å². The number of rotatable bonds is 1. The first kappa shape index (κ1) is 14.4. The highest BCUT2D eigenvalue weighted by Crippen LogP contribution is 2.37. The maximum Gasteiger partial charge on any atom is 0.410 e. The fourth-order valence-corrected chi connectivity index (χ4v) is 2.99. The number of nitrogens with zero attached hydrogens (tertiary/aromatic N) is 1. The molecule has 0 bridgehead atoms.